The molecular formula is C19H22FN3O3. The van der Waals surface area contributed by atoms with E-state index in [0.29, 0.717) is 12.2 Å². The predicted molar refractivity (Wildman–Crippen MR) is 98.6 cm³/mol. The zero-order chi connectivity index (χ0) is 19.2. The van der Waals surface area contributed by atoms with Crippen LogP contribution < -0.4 is 16.0 Å². The minimum Gasteiger partial charge on any atom is -0.444 e. The van der Waals surface area contributed by atoms with Crippen molar-refractivity contribution in [3.8, 4) is 0 Å². The molecule has 0 spiro atoms. The van der Waals surface area contributed by atoms with Crippen LogP contribution in [0.1, 0.15) is 26.3 Å². The number of anilines is 2. The fraction of sp³-hybridized carbons (Fsp3) is 0.263. The molecule has 0 aromatic heterocycles. The molecule has 0 fully saturated rings. The summed E-state index contributed by atoms with van der Waals surface area (Å²) in [6.07, 6.45) is -0.776. The molecule has 0 heterocycles. The Hall–Kier alpha value is -3.09. The summed E-state index contributed by atoms with van der Waals surface area (Å²) < 4.78 is 19.0. The topological polar surface area (TPSA) is 79.5 Å². The van der Waals surface area contributed by atoms with E-state index in [0.717, 1.165) is 11.6 Å². The molecule has 0 aliphatic rings. The summed E-state index contributed by atoms with van der Waals surface area (Å²) in [5.41, 5.74) is 0.505. The number of benzene rings is 2. The molecule has 0 saturated carbocycles. The number of rotatable bonds is 4. The molecule has 138 valence electrons. The van der Waals surface area contributed by atoms with Gasteiger partial charge < -0.3 is 15.4 Å². The second-order valence-corrected chi connectivity index (χ2v) is 6.61. The van der Waals surface area contributed by atoms with E-state index >= 15 is 0 Å². The van der Waals surface area contributed by atoms with Crippen LogP contribution in [0.2, 0.25) is 0 Å². The van der Waals surface area contributed by atoms with Crippen LogP contribution in [0.25, 0.3) is 0 Å². The van der Waals surface area contributed by atoms with Crippen LogP contribution in [0, 0.1) is 5.82 Å². The van der Waals surface area contributed by atoms with E-state index in [2.05, 4.69) is 16.0 Å². The number of amides is 3. The molecule has 0 bridgehead atoms. The highest BCUT2D eigenvalue weighted by Crippen LogP contribution is 2.20. The molecule has 26 heavy (non-hydrogen) atoms. The molecule has 7 heteroatoms. The summed E-state index contributed by atoms with van der Waals surface area (Å²) in [5.74, 6) is -0.633. The van der Waals surface area contributed by atoms with Gasteiger partial charge in [-0.3, -0.25) is 5.32 Å². The average Bonchev–Trinajstić information content (AvgIpc) is 2.55. The monoisotopic (exact) mass is 359 g/mol. The van der Waals surface area contributed by atoms with Crippen molar-refractivity contribution in [1.29, 1.82) is 0 Å². The van der Waals surface area contributed by atoms with Gasteiger partial charge in [-0.25, -0.2) is 14.0 Å². The van der Waals surface area contributed by atoms with Gasteiger partial charge in [0.15, 0.2) is 0 Å². The Bertz CT molecular complexity index is 773. The summed E-state index contributed by atoms with van der Waals surface area (Å²) in [5, 5.41) is 7.62. The Labute approximate surface area is 151 Å². The summed E-state index contributed by atoms with van der Waals surface area (Å²) in [4.78, 5) is 23.7. The number of carbonyl (C=O) groups is 2. The van der Waals surface area contributed by atoms with Crippen molar-refractivity contribution >= 4 is 23.5 Å². The number of hydrogen-bond acceptors (Lipinski definition) is 3. The van der Waals surface area contributed by atoms with Gasteiger partial charge in [0.05, 0.1) is 5.69 Å². The van der Waals surface area contributed by atoms with Gasteiger partial charge in [0, 0.05) is 12.2 Å². The number of halogens is 1. The second-order valence-electron chi connectivity index (χ2n) is 6.61. The molecule has 2 aromatic carbocycles. The molecule has 3 amide bonds. The van der Waals surface area contributed by atoms with Gasteiger partial charge in [0.1, 0.15) is 11.4 Å². The first kappa shape index (κ1) is 19.2. The zero-order valence-electron chi connectivity index (χ0n) is 14.9. The Morgan fingerprint density at radius 2 is 1.73 bits per heavy atom. The molecule has 0 atom stereocenters. The molecule has 3 N–H and O–H groups in total. The number of nitrogens with one attached hydrogen (secondary N) is 3. The summed E-state index contributed by atoms with van der Waals surface area (Å²) in [6, 6.07) is 12.9. The lowest BCUT2D eigenvalue weighted by Crippen LogP contribution is -2.28. The first-order valence-corrected chi connectivity index (χ1v) is 8.11. The van der Waals surface area contributed by atoms with Crippen LogP contribution in [0.15, 0.2) is 48.5 Å². The number of ether oxygens (including phenoxy) is 1. The lowest BCUT2D eigenvalue weighted by atomic mass is 10.2. The summed E-state index contributed by atoms with van der Waals surface area (Å²) >= 11 is 0. The Morgan fingerprint density at radius 3 is 2.38 bits per heavy atom. The molecule has 6 nitrogen and oxygen atoms in total. The smallest absolute Gasteiger partial charge is 0.412 e. The van der Waals surface area contributed by atoms with Crippen molar-refractivity contribution in [3.05, 3.63) is 59.9 Å². The number of carbonyl (C=O) groups excluding carboxylic acids is 2. The van der Waals surface area contributed by atoms with Gasteiger partial charge in [0.2, 0.25) is 0 Å². The van der Waals surface area contributed by atoms with Crippen molar-refractivity contribution in [2.75, 3.05) is 10.6 Å². The Kier molecular flexibility index (Phi) is 6.16. The van der Waals surface area contributed by atoms with Gasteiger partial charge in [0.25, 0.3) is 0 Å². The second kappa shape index (κ2) is 8.33. The van der Waals surface area contributed by atoms with Crippen molar-refractivity contribution < 1.29 is 18.7 Å². The van der Waals surface area contributed by atoms with Crippen molar-refractivity contribution in [3.63, 3.8) is 0 Å². The van der Waals surface area contributed by atoms with E-state index in [1.54, 1.807) is 20.8 Å². The molecule has 0 radical (unpaired) electrons. The maximum atomic E-state index is 13.9. The van der Waals surface area contributed by atoms with Crippen molar-refractivity contribution in [2.24, 2.45) is 0 Å². The third kappa shape index (κ3) is 6.43. The normalized spacial score (nSPS) is 10.8. The molecule has 0 aliphatic carbocycles. The molecular weight excluding hydrogens is 337 g/mol. The van der Waals surface area contributed by atoms with Gasteiger partial charge >= 0.3 is 12.1 Å². The Morgan fingerprint density at radius 1 is 1.04 bits per heavy atom. The average molecular weight is 359 g/mol. The van der Waals surface area contributed by atoms with Crippen LogP contribution in [-0.2, 0) is 11.3 Å². The molecule has 0 unspecified atom stereocenters. The first-order valence-electron chi connectivity index (χ1n) is 8.11. The van der Waals surface area contributed by atoms with E-state index < -0.39 is 23.5 Å². The highest BCUT2D eigenvalue weighted by molar-refractivity contribution is 5.91. The minimum absolute atomic E-state index is 0.0832. The molecule has 0 saturated heterocycles. The van der Waals surface area contributed by atoms with Crippen LogP contribution in [-0.4, -0.2) is 17.7 Å². The highest BCUT2D eigenvalue weighted by Gasteiger charge is 2.17. The van der Waals surface area contributed by atoms with Crippen molar-refractivity contribution in [2.45, 2.75) is 32.9 Å². The largest absolute Gasteiger partial charge is 0.444 e. The predicted octanol–water partition coefficient (Wildman–Crippen LogP) is 4.49. The number of urea groups is 1. The van der Waals surface area contributed by atoms with Crippen LogP contribution in [0.4, 0.5) is 25.4 Å². The zero-order valence-corrected chi connectivity index (χ0v) is 14.9. The molecule has 2 aromatic rings. The lowest BCUT2D eigenvalue weighted by molar-refractivity contribution is 0.0635. The molecule has 0 aliphatic heterocycles. The SMILES string of the molecule is CC(C)(C)OC(=O)Nc1cc(NC(=O)NCc2ccccc2)ccc1F. The quantitative estimate of drug-likeness (QED) is 0.752. The highest BCUT2D eigenvalue weighted by atomic mass is 19.1. The first-order chi connectivity index (χ1) is 12.2. The maximum Gasteiger partial charge on any atom is 0.412 e. The lowest BCUT2D eigenvalue weighted by Gasteiger charge is -2.20. The van der Waals surface area contributed by atoms with E-state index in [1.807, 2.05) is 30.3 Å². The van der Waals surface area contributed by atoms with Crippen LogP contribution >= 0.6 is 0 Å². The standard InChI is InChI=1S/C19H22FN3O3/c1-19(2,3)26-18(25)23-16-11-14(9-10-15(16)20)22-17(24)21-12-13-7-5-4-6-8-13/h4-11H,12H2,1-3H3,(H,23,25)(H2,21,22,24). The fourth-order valence-corrected chi connectivity index (χ4v) is 2.07. The Balaban J connectivity index is 1.95. The van der Waals surface area contributed by atoms with Crippen LogP contribution in [0.5, 0.6) is 0 Å². The van der Waals surface area contributed by atoms with Gasteiger partial charge in [-0.1, -0.05) is 30.3 Å². The van der Waals surface area contributed by atoms with E-state index in [9.17, 15) is 14.0 Å². The van der Waals surface area contributed by atoms with E-state index in [-0.39, 0.29) is 5.69 Å². The molecule has 2 rings (SSSR count). The van der Waals surface area contributed by atoms with E-state index in [1.165, 1.54) is 12.1 Å². The fourth-order valence-electron chi connectivity index (χ4n) is 2.07. The summed E-state index contributed by atoms with van der Waals surface area (Å²) in [6.45, 7) is 5.48. The number of hydrogen-bond donors (Lipinski definition) is 3. The third-order valence-corrected chi connectivity index (χ3v) is 3.16. The maximum absolute atomic E-state index is 13.9. The minimum atomic E-state index is -0.776. The van der Waals surface area contributed by atoms with Crippen LogP contribution in [0.3, 0.4) is 0 Å². The van der Waals surface area contributed by atoms with Gasteiger partial charge in [-0.15, -0.1) is 0 Å². The third-order valence-electron chi connectivity index (χ3n) is 3.16. The summed E-state index contributed by atoms with van der Waals surface area (Å²) in [7, 11) is 0. The van der Waals surface area contributed by atoms with Gasteiger partial charge in [-0.2, -0.15) is 0 Å². The van der Waals surface area contributed by atoms with E-state index in [4.69, 9.17) is 4.74 Å². The van der Waals surface area contributed by atoms with Gasteiger partial charge in [-0.05, 0) is 44.5 Å². The van der Waals surface area contributed by atoms with Crippen molar-refractivity contribution in [1.82, 2.24) is 5.32 Å².